The van der Waals surface area contributed by atoms with Crippen LogP contribution in [-0.4, -0.2) is 39.1 Å². The number of unbranched alkanes of at least 4 members (excludes halogenated alkanes) is 1. The fourth-order valence-corrected chi connectivity index (χ4v) is 1.06. The van der Waals surface area contributed by atoms with Gasteiger partial charge in [0.25, 0.3) is 0 Å². The summed E-state index contributed by atoms with van der Waals surface area (Å²) in [6.07, 6.45) is 2.83. The summed E-state index contributed by atoms with van der Waals surface area (Å²) < 4.78 is 1.48. The zero-order valence-corrected chi connectivity index (χ0v) is 10.7. The van der Waals surface area contributed by atoms with Crippen LogP contribution in [0.5, 0.6) is 0 Å². The minimum atomic E-state index is -0.315. The maximum absolute atomic E-state index is 10.0. The Morgan fingerprint density at radius 3 is 2.00 bits per heavy atom. The van der Waals surface area contributed by atoms with Gasteiger partial charge in [-0.3, -0.25) is 4.79 Å². The van der Waals surface area contributed by atoms with Gasteiger partial charge in [-0.05, 0) is 13.8 Å². The molecule has 0 radical (unpaired) electrons. The third-order valence-electron chi connectivity index (χ3n) is 1.27. The second-order valence-electron chi connectivity index (χ2n) is 2.58. The number of Topliss-reactive ketones (excluding diaryl/α,β-unsaturated/α-hetero) is 1. The predicted octanol–water partition coefficient (Wildman–Crippen LogP) is 2.58. The molecule has 0 saturated heterocycles. The standard InChI is InChI=1S/C4H7ClO.C4H9.Na/c1-3(5)4(2)6;1-3-4-2;/h3H,1-2H3;1,3-4H2,2H3;. The molecule has 0 fully saturated rings. The van der Waals surface area contributed by atoms with Gasteiger partial charge >= 0.3 is 51.4 Å². The van der Waals surface area contributed by atoms with Crippen LogP contribution in [0.3, 0.4) is 0 Å². The van der Waals surface area contributed by atoms with Crippen LogP contribution in [0.15, 0.2) is 0 Å². The number of halogens is 1. The Bertz CT molecular complexity index is 92.1. The van der Waals surface area contributed by atoms with Crippen molar-refractivity contribution in [1.29, 1.82) is 0 Å². The van der Waals surface area contributed by atoms with Crippen LogP contribution in [0.25, 0.3) is 0 Å². The van der Waals surface area contributed by atoms with E-state index in [1.54, 1.807) is 6.92 Å². The second kappa shape index (κ2) is 11.0. The van der Waals surface area contributed by atoms with E-state index < -0.39 is 0 Å². The molecule has 0 saturated carbocycles. The van der Waals surface area contributed by atoms with Gasteiger partial charge in [-0.1, -0.05) is 0 Å². The molecular weight excluding hydrogens is 171 g/mol. The molecule has 1 nitrogen and oxygen atoms in total. The molecule has 0 bridgehead atoms. The molecule has 62 valence electrons. The third-order valence-corrected chi connectivity index (χ3v) is 2.28. The van der Waals surface area contributed by atoms with Gasteiger partial charge in [0.15, 0.2) is 0 Å². The Morgan fingerprint density at radius 1 is 1.64 bits per heavy atom. The zero-order valence-electron chi connectivity index (χ0n) is 7.98. The number of carbonyl (C=O) groups is 1. The van der Waals surface area contributed by atoms with E-state index in [9.17, 15) is 4.79 Å². The zero-order chi connectivity index (χ0) is 9.28. The van der Waals surface area contributed by atoms with Crippen molar-refractivity contribution in [2.75, 3.05) is 0 Å². The molecule has 11 heavy (non-hydrogen) atoms. The van der Waals surface area contributed by atoms with Gasteiger partial charge in [-0.15, -0.1) is 11.6 Å². The second-order valence-corrected chi connectivity index (χ2v) is 4.23. The Hall–Kier alpha value is 0.960. The monoisotopic (exact) mass is 186 g/mol. The summed E-state index contributed by atoms with van der Waals surface area (Å²) in [6.45, 7) is 5.36. The van der Waals surface area contributed by atoms with Gasteiger partial charge < -0.3 is 0 Å². The van der Waals surface area contributed by atoms with Crippen LogP contribution >= 0.6 is 11.6 Å². The molecule has 0 spiro atoms. The molecule has 0 aliphatic rings. The Kier molecular flexibility index (Phi) is 14.4. The number of hydrogen-bond donors (Lipinski definition) is 0. The number of carbonyl (C=O) groups excluding carboxylic acids is 1. The summed E-state index contributed by atoms with van der Waals surface area (Å²) in [4.78, 5) is 10.0. The van der Waals surface area contributed by atoms with Crippen LogP contribution in [0.1, 0.15) is 33.6 Å². The first-order valence-corrected chi connectivity index (χ1v) is 6.05. The van der Waals surface area contributed by atoms with Crippen molar-refractivity contribution in [3.63, 3.8) is 0 Å². The predicted molar refractivity (Wildman–Crippen MR) is 51.5 cm³/mol. The third kappa shape index (κ3) is 18.2. The summed E-state index contributed by atoms with van der Waals surface area (Å²) >= 11 is 6.66. The number of rotatable bonds is 3. The van der Waals surface area contributed by atoms with Gasteiger partial charge in [-0.2, -0.15) is 0 Å². The van der Waals surface area contributed by atoms with E-state index in [0.717, 1.165) is 0 Å². The fraction of sp³-hybridized carbons (Fsp3) is 0.875. The van der Waals surface area contributed by atoms with Crippen LogP contribution in [0.4, 0.5) is 0 Å². The molecule has 3 heteroatoms. The molecule has 0 aliphatic carbocycles. The van der Waals surface area contributed by atoms with Gasteiger partial charge in [0, 0.05) is 0 Å². The molecule has 0 aromatic carbocycles. The van der Waals surface area contributed by atoms with Gasteiger partial charge in [0.2, 0.25) is 0 Å². The average Bonchev–Trinajstić information content (AvgIpc) is 1.90. The van der Waals surface area contributed by atoms with E-state index in [-0.39, 0.29) is 11.2 Å². The summed E-state index contributed by atoms with van der Waals surface area (Å²) in [5.74, 6) is 0.0247. The quantitative estimate of drug-likeness (QED) is 0.489. The van der Waals surface area contributed by atoms with Crippen molar-refractivity contribution < 1.29 is 4.79 Å². The van der Waals surface area contributed by atoms with E-state index >= 15 is 0 Å². The first-order chi connectivity index (χ1) is 5.06. The molecule has 0 aliphatic heterocycles. The Labute approximate surface area is 92.3 Å². The normalized spacial score (nSPS) is 11.5. The number of alkyl halides is 1. The van der Waals surface area contributed by atoms with Crippen LogP contribution in [0.2, 0.25) is 3.67 Å². The first kappa shape index (κ1) is 14.5. The SMILES string of the molecule is CC(=O)C(C)Cl.CCC[CH2][Na]. The number of ketones is 1. The molecule has 0 aromatic heterocycles. The van der Waals surface area contributed by atoms with Crippen LogP contribution in [0, 0.1) is 0 Å². The molecular formula is C8H16ClNaO. The van der Waals surface area contributed by atoms with Gasteiger partial charge in [0.05, 0.1) is 5.38 Å². The van der Waals surface area contributed by atoms with Crippen molar-refractivity contribution in [1.82, 2.24) is 0 Å². The molecule has 0 aromatic rings. The molecule has 0 amide bonds. The van der Waals surface area contributed by atoms with E-state index in [1.807, 2.05) is 0 Å². The van der Waals surface area contributed by atoms with Gasteiger partial charge in [0.1, 0.15) is 5.78 Å². The topological polar surface area (TPSA) is 17.1 Å². The average molecular weight is 187 g/mol. The van der Waals surface area contributed by atoms with Crippen LogP contribution < -0.4 is 0 Å². The van der Waals surface area contributed by atoms with E-state index in [0.29, 0.717) is 0 Å². The van der Waals surface area contributed by atoms with Crippen molar-refractivity contribution in [3.8, 4) is 0 Å². The maximum atomic E-state index is 10.0. The molecule has 1 atom stereocenters. The van der Waals surface area contributed by atoms with Crippen LogP contribution in [-0.2, 0) is 4.79 Å². The molecule has 1 unspecified atom stereocenters. The Balaban J connectivity index is 0. The summed E-state index contributed by atoms with van der Waals surface area (Å²) in [7, 11) is 0. The van der Waals surface area contributed by atoms with Crippen molar-refractivity contribution in [2.24, 2.45) is 0 Å². The number of hydrogen-bond acceptors (Lipinski definition) is 1. The van der Waals surface area contributed by atoms with Crippen molar-refractivity contribution >= 4 is 45.3 Å². The minimum absolute atomic E-state index is 0.0247. The summed E-state index contributed by atoms with van der Waals surface area (Å²) in [5.41, 5.74) is 0. The first-order valence-electron chi connectivity index (χ1n) is 4.20. The molecule has 0 rings (SSSR count). The van der Waals surface area contributed by atoms with E-state index in [4.69, 9.17) is 11.6 Å². The van der Waals surface area contributed by atoms with Crippen molar-refractivity contribution in [2.45, 2.75) is 42.7 Å². The van der Waals surface area contributed by atoms with E-state index in [2.05, 4.69) is 6.92 Å². The fourth-order valence-electron chi connectivity index (χ4n) is 0.354. The summed E-state index contributed by atoms with van der Waals surface area (Å²) in [6, 6.07) is 0. The molecule has 0 heterocycles. The summed E-state index contributed by atoms with van der Waals surface area (Å²) in [5, 5.41) is -0.315. The Morgan fingerprint density at radius 2 is 2.00 bits per heavy atom. The van der Waals surface area contributed by atoms with Gasteiger partial charge in [-0.25, -0.2) is 0 Å². The molecule has 0 N–H and O–H groups in total. The van der Waals surface area contributed by atoms with E-state index in [1.165, 1.54) is 51.4 Å². The van der Waals surface area contributed by atoms with Crippen molar-refractivity contribution in [3.05, 3.63) is 0 Å².